The van der Waals surface area contributed by atoms with Crippen LogP contribution in [0.25, 0.3) is 0 Å². The molecule has 128 valence electrons. The summed E-state index contributed by atoms with van der Waals surface area (Å²) in [6, 6.07) is 12.1. The Hall–Kier alpha value is -0.930. The van der Waals surface area contributed by atoms with Crippen LogP contribution in [0.4, 0.5) is 0 Å². The molecule has 24 heavy (non-hydrogen) atoms. The van der Waals surface area contributed by atoms with Gasteiger partial charge in [0.15, 0.2) is 9.84 Å². The van der Waals surface area contributed by atoms with E-state index in [0.29, 0.717) is 5.02 Å². The van der Waals surface area contributed by atoms with E-state index in [1.807, 2.05) is 0 Å². The predicted molar refractivity (Wildman–Crippen MR) is 95.3 cm³/mol. The molecule has 1 fully saturated rings. The maximum Gasteiger partial charge on any atom is 0.243 e. The van der Waals surface area contributed by atoms with Gasteiger partial charge >= 0.3 is 0 Å². The van der Waals surface area contributed by atoms with Crippen molar-refractivity contribution in [2.75, 3.05) is 13.1 Å². The molecule has 2 aromatic carbocycles. The fourth-order valence-electron chi connectivity index (χ4n) is 2.37. The molecule has 5 nitrogen and oxygen atoms in total. The third-order valence-corrected chi connectivity index (χ3v) is 8.58. The van der Waals surface area contributed by atoms with Crippen molar-refractivity contribution in [3.63, 3.8) is 0 Å². The first-order valence-corrected chi connectivity index (χ1v) is 11.1. The maximum absolute atomic E-state index is 12.5. The summed E-state index contributed by atoms with van der Waals surface area (Å²) in [6.45, 7) is -0.104. The number of halogens is 2. The SMILES string of the molecule is O=S(=O)(c1ccc(Cl)cc1)C1CN(S(=O)(=O)c2ccc(Br)cc2)C1. The molecule has 2 aromatic rings. The summed E-state index contributed by atoms with van der Waals surface area (Å²) in [7, 11) is -7.25. The molecule has 0 aliphatic carbocycles. The Morgan fingerprint density at radius 1 is 0.875 bits per heavy atom. The Morgan fingerprint density at radius 3 is 1.92 bits per heavy atom. The van der Waals surface area contributed by atoms with Gasteiger partial charge in [0.05, 0.1) is 15.0 Å². The van der Waals surface area contributed by atoms with Gasteiger partial charge in [0.2, 0.25) is 10.0 Å². The predicted octanol–water partition coefficient (Wildman–Crippen LogP) is 2.95. The Kier molecular flexibility index (Phi) is 4.78. The fraction of sp³-hybridized carbons (Fsp3) is 0.200. The summed E-state index contributed by atoms with van der Waals surface area (Å²) in [5, 5.41) is -0.300. The van der Waals surface area contributed by atoms with Crippen molar-refractivity contribution in [3.05, 3.63) is 58.0 Å². The summed E-state index contributed by atoms with van der Waals surface area (Å²) in [6.07, 6.45) is 0. The Balaban J connectivity index is 1.77. The van der Waals surface area contributed by atoms with Gasteiger partial charge in [-0.25, -0.2) is 16.8 Å². The van der Waals surface area contributed by atoms with Gasteiger partial charge in [-0.2, -0.15) is 4.31 Å². The number of nitrogens with zero attached hydrogens (tertiary/aromatic N) is 1. The van der Waals surface area contributed by atoms with E-state index in [1.54, 1.807) is 12.1 Å². The lowest BCUT2D eigenvalue weighted by atomic mass is 10.3. The number of benzene rings is 2. The third kappa shape index (κ3) is 3.25. The monoisotopic (exact) mass is 449 g/mol. The third-order valence-electron chi connectivity index (χ3n) is 3.85. The quantitative estimate of drug-likeness (QED) is 0.718. The average Bonchev–Trinajstić information content (AvgIpc) is 2.46. The lowest BCUT2D eigenvalue weighted by Gasteiger charge is -2.37. The molecule has 1 saturated heterocycles. The van der Waals surface area contributed by atoms with Crippen LogP contribution in [0.15, 0.2) is 62.8 Å². The van der Waals surface area contributed by atoms with Crippen molar-refractivity contribution in [2.24, 2.45) is 0 Å². The van der Waals surface area contributed by atoms with E-state index < -0.39 is 25.1 Å². The van der Waals surface area contributed by atoms with E-state index in [4.69, 9.17) is 11.6 Å². The van der Waals surface area contributed by atoms with E-state index in [9.17, 15) is 16.8 Å². The van der Waals surface area contributed by atoms with Gasteiger partial charge in [-0.05, 0) is 48.5 Å². The van der Waals surface area contributed by atoms with E-state index >= 15 is 0 Å². The standard InChI is InChI=1S/C15H13BrClNO4S2/c16-11-1-5-14(6-2-11)24(21,22)18-9-15(10-18)23(19,20)13-7-3-12(17)4-8-13/h1-8,15H,9-10H2. The highest BCUT2D eigenvalue weighted by Crippen LogP contribution is 2.29. The van der Waals surface area contributed by atoms with Gasteiger partial charge in [-0.15, -0.1) is 0 Å². The Bertz CT molecular complexity index is 872. The highest BCUT2D eigenvalue weighted by molar-refractivity contribution is 9.10. The van der Waals surface area contributed by atoms with Gasteiger partial charge in [-0.1, -0.05) is 27.5 Å². The molecule has 1 aliphatic rings. The van der Waals surface area contributed by atoms with Crippen LogP contribution in [0.5, 0.6) is 0 Å². The minimum atomic E-state index is -3.67. The molecule has 1 heterocycles. The molecule has 0 bridgehead atoms. The van der Waals surface area contributed by atoms with Gasteiger partial charge in [0.1, 0.15) is 0 Å². The first-order valence-electron chi connectivity index (χ1n) is 6.96. The van der Waals surface area contributed by atoms with E-state index in [2.05, 4.69) is 15.9 Å². The molecular weight excluding hydrogens is 438 g/mol. The largest absolute Gasteiger partial charge is 0.243 e. The van der Waals surface area contributed by atoms with Crippen molar-refractivity contribution in [2.45, 2.75) is 15.0 Å². The van der Waals surface area contributed by atoms with Crippen molar-refractivity contribution in [3.8, 4) is 0 Å². The van der Waals surface area contributed by atoms with E-state index in [-0.39, 0.29) is 22.9 Å². The van der Waals surface area contributed by atoms with E-state index in [0.717, 1.165) is 4.47 Å². The smallest absolute Gasteiger partial charge is 0.223 e. The summed E-state index contributed by atoms with van der Waals surface area (Å²) >= 11 is 9.02. The number of hydrogen-bond acceptors (Lipinski definition) is 4. The number of rotatable bonds is 4. The molecule has 9 heteroatoms. The second-order valence-electron chi connectivity index (χ2n) is 5.40. The van der Waals surface area contributed by atoms with Crippen LogP contribution in [-0.4, -0.2) is 39.5 Å². The van der Waals surface area contributed by atoms with Crippen molar-refractivity contribution in [1.29, 1.82) is 0 Å². The van der Waals surface area contributed by atoms with Crippen LogP contribution < -0.4 is 0 Å². The normalized spacial score (nSPS) is 16.8. The minimum absolute atomic E-state index is 0.0522. The second-order valence-corrected chi connectivity index (χ2v) is 10.9. The van der Waals surface area contributed by atoms with Crippen LogP contribution >= 0.6 is 27.5 Å². The van der Waals surface area contributed by atoms with Crippen molar-refractivity contribution < 1.29 is 16.8 Å². The molecule has 0 N–H and O–H groups in total. The van der Waals surface area contributed by atoms with Crippen molar-refractivity contribution in [1.82, 2.24) is 4.31 Å². The molecule has 0 unspecified atom stereocenters. The van der Waals surface area contributed by atoms with Crippen LogP contribution in [0.3, 0.4) is 0 Å². The van der Waals surface area contributed by atoms with Crippen LogP contribution in [0, 0.1) is 0 Å². The highest BCUT2D eigenvalue weighted by Gasteiger charge is 2.44. The lowest BCUT2D eigenvalue weighted by Crippen LogP contribution is -2.56. The van der Waals surface area contributed by atoms with Crippen LogP contribution in [-0.2, 0) is 19.9 Å². The Labute approximate surface area is 154 Å². The van der Waals surface area contributed by atoms with Gasteiger partial charge in [0.25, 0.3) is 0 Å². The molecular formula is C15H13BrClNO4S2. The van der Waals surface area contributed by atoms with Gasteiger partial charge < -0.3 is 0 Å². The molecule has 0 atom stereocenters. The highest BCUT2D eigenvalue weighted by atomic mass is 79.9. The van der Waals surface area contributed by atoms with Gasteiger partial charge in [-0.3, -0.25) is 0 Å². The molecule has 1 aliphatic heterocycles. The summed E-state index contributed by atoms with van der Waals surface area (Å²) in [5.74, 6) is 0. The van der Waals surface area contributed by atoms with Crippen LogP contribution in [0.2, 0.25) is 5.02 Å². The zero-order valence-corrected chi connectivity index (χ0v) is 16.2. The zero-order valence-electron chi connectivity index (χ0n) is 12.3. The minimum Gasteiger partial charge on any atom is -0.223 e. The Morgan fingerprint density at radius 2 is 1.38 bits per heavy atom. The summed E-state index contributed by atoms with van der Waals surface area (Å²) in [4.78, 5) is 0.297. The van der Waals surface area contributed by atoms with Crippen LogP contribution in [0.1, 0.15) is 0 Å². The first-order chi connectivity index (χ1) is 11.2. The van der Waals surface area contributed by atoms with E-state index in [1.165, 1.54) is 40.7 Å². The summed E-state index contributed by atoms with van der Waals surface area (Å²) in [5.41, 5.74) is 0. The second kappa shape index (κ2) is 6.42. The number of sulfone groups is 1. The maximum atomic E-state index is 12.5. The summed E-state index contributed by atoms with van der Waals surface area (Å²) < 4.78 is 51.9. The molecule has 3 rings (SSSR count). The molecule has 0 spiro atoms. The molecule has 0 radical (unpaired) electrons. The lowest BCUT2D eigenvalue weighted by molar-refractivity contribution is 0.309. The number of sulfonamides is 1. The first kappa shape index (κ1) is 17.9. The average molecular weight is 451 g/mol. The zero-order chi connectivity index (χ0) is 17.5. The molecule has 0 amide bonds. The fourth-order valence-corrected chi connectivity index (χ4v) is 6.13. The van der Waals surface area contributed by atoms with Crippen molar-refractivity contribution >= 4 is 47.4 Å². The van der Waals surface area contributed by atoms with Gasteiger partial charge in [0, 0.05) is 22.6 Å². The number of hydrogen-bond donors (Lipinski definition) is 0. The molecule has 0 aromatic heterocycles. The topological polar surface area (TPSA) is 71.5 Å². The molecule has 0 saturated carbocycles.